The van der Waals surface area contributed by atoms with Crippen LogP contribution in [0.4, 0.5) is 0 Å². The van der Waals surface area contributed by atoms with Crippen molar-refractivity contribution < 1.29 is 19.4 Å². The standard InChI is InChI=1S/C15H14N2O4/c18-13(17-15(14(19)20)5-7-21-9-15)11-3-4-12-10(8-11)2-1-6-16-12/h1-4,6,8H,5,7,9H2,(H,17,18)(H,19,20). The number of aromatic nitrogens is 1. The molecule has 1 aliphatic heterocycles. The first-order valence-electron chi connectivity index (χ1n) is 6.59. The molecular formula is C15H14N2O4. The Kier molecular flexibility index (Phi) is 3.31. The Bertz CT molecular complexity index is 708. The summed E-state index contributed by atoms with van der Waals surface area (Å²) in [6.45, 7) is 0.317. The summed E-state index contributed by atoms with van der Waals surface area (Å²) in [5, 5.41) is 12.7. The zero-order valence-corrected chi connectivity index (χ0v) is 11.2. The Balaban J connectivity index is 1.88. The summed E-state index contributed by atoms with van der Waals surface area (Å²) in [7, 11) is 0. The summed E-state index contributed by atoms with van der Waals surface area (Å²) in [5.41, 5.74) is -0.143. The minimum absolute atomic E-state index is 0.0107. The molecule has 1 aromatic carbocycles. The van der Waals surface area contributed by atoms with Gasteiger partial charge in [0, 0.05) is 30.2 Å². The van der Waals surface area contributed by atoms with Gasteiger partial charge in [-0.2, -0.15) is 0 Å². The van der Waals surface area contributed by atoms with E-state index in [1.165, 1.54) is 0 Å². The van der Waals surface area contributed by atoms with Crippen LogP contribution >= 0.6 is 0 Å². The first-order chi connectivity index (χ1) is 10.1. The van der Waals surface area contributed by atoms with E-state index in [-0.39, 0.29) is 13.0 Å². The first-order valence-corrected chi connectivity index (χ1v) is 6.59. The Morgan fingerprint density at radius 1 is 1.33 bits per heavy atom. The summed E-state index contributed by atoms with van der Waals surface area (Å²) >= 11 is 0. The number of carbonyl (C=O) groups excluding carboxylic acids is 1. The van der Waals surface area contributed by atoms with E-state index in [2.05, 4.69) is 10.3 Å². The predicted octanol–water partition coefficient (Wildman–Crippen LogP) is 1.21. The molecule has 1 aromatic heterocycles. The molecule has 0 spiro atoms. The maximum atomic E-state index is 12.3. The van der Waals surface area contributed by atoms with Crippen molar-refractivity contribution in [1.82, 2.24) is 10.3 Å². The van der Waals surface area contributed by atoms with E-state index < -0.39 is 17.4 Å². The van der Waals surface area contributed by atoms with Gasteiger partial charge in [0.2, 0.25) is 0 Å². The number of nitrogens with one attached hydrogen (secondary N) is 1. The van der Waals surface area contributed by atoms with Crippen LogP contribution in [0.5, 0.6) is 0 Å². The van der Waals surface area contributed by atoms with E-state index >= 15 is 0 Å². The van der Waals surface area contributed by atoms with Gasteiger partial charge in [-0.15, -0.1) is 0 Å². The van der Waals surface area contributed by atoms with Gasteiger partial charge in [0.05, 0.1) is 12.1 Å². The van der Waals surface area contributed by atoms with E-state index in [1.807, 2.05) is 6.07 Å². The number of carboxylic acids is 1. The number of fused-ring (bicyclic) bond motifs is 1. The van der Waals surface area contributed by atoms with Crippen molar-refractivity contribution in [2.45, 2.75) is 12.0 Å². The van der Waals surface area contributed by atoms with Crippen LogP contribution < -0.4 is 5.32 Å². The SMILES string of the molecule is O=C(NC1(C(=O)O)CCOC1)c1ccc2ncccc2c1. The fourth-order valence-corrected chi connectivity index (χ4v) is 2.39. The second-order valence-electron chi connectivity index (χ2n) is 5.05. The lowest BCUT2D eigenvalue weighted by atomic mass is 9.98. The maximum absolute atomic E-state index is 12.3. The van der Waals surface area contributed by atoms with Crippen LogP contribution in [-0.2, 0) is 9.53 Å². The summed E-state index contributed by atoms with van der Waals surface area (Å²) in [6, 6.07) is 8.71. The third kappa shape index (κ3) is 2.45. The van der Waals surface area contributed by atoms with Gasteiger partial charge in [0.1, 0.15) is 0 Å². The number of nitrogens with zero attached hydrogens (tertiary/aromatic N) is 1. The second-order valence-corrected chi connectivity index (χ2v) is 5.05. The molecule has 108 valence electrons. The molecule has 1 unspecified atom stereocenters. The molecule has 1 saturated heterocycles. The third-order valence-electron chi connectivity index (χ3n) is 3.65. The first kappa shape index (κ1) is 13.5. The molecule has 1 aliphatic rings. The topological polar surface area (TPSA) is 88.5 Å². The van der Waals surface area contributed by atoms with E-state index in [0.717, 1.165) is 10.9 Å². The molecular weight excluding hydrogens is 272 g/mol. The van der Waals surface area contributed by atoms with E-state index in [9.17, 15) is 14.7 Å². The van der Waals surface area contributed by atoms with Crippen molar-refractivity contribution in [2.24, 2.45) is 0 Å². The highest BCUT2D eigenvalue weighted by atomic mass is 16.5. The van der Waals surface area contributed by atoms with Crippen molar-refractivity contribution in [3.05, 3.63) is 42.1 Å². The van der Waals surface area contributed by atoms with Gasteiger partial charge in [-0.05, 0) is 24.3 Å². The van der Waals surface area contributed by atoms with Crippen LogP contribution in [0.3, 0.4) is 0 Å². The number of amides is 1. The summed E-state index contributed by atoms with van der Waals surface area (Å²) in [4.78, 5) is 27.9. The molecule has 21 heavy (non-hydrogen) atoms. The number of ether oxygens (including phenoxy) is 1. The monoisotopic (exact) mass is 286 g/mol. The quantitative estimate of drug-likeness (QED) is 0.885. The zero-order valence-electron chi connectivity index (χ0n) is 11.2. The highest BCUT2D eigenvalue weighted by Gasteiger charge is 2.44. The van der Waals surface area contributed by atoms with Gasteiger partial charge >= 0.3 is 5.97 Å². The lowest BCUT2D eigenvalue weighted by Gasteiger charge is -2.23. The Labute approximate surface area is 120 Å². The molecule has 2 heterocycles. The molecule has 1 fully saturated rings. The average molecular weight is 286 g/mol. The summed E-state index contributed by atoms with van der Waals surface area (Å²) in [5.74, 6) is -1.50. The molecule has 0 saturated carbocycles. The molecule has 6 heteroatoms. The van der Waals surface area contributed by atoms with Gasteiger partial charge in [-0.3, -0.25) is 9.78 Å². The smallest absolute Gasteiger partial charge is 0.331 e. The Morgan fingerprint density at radius 3 is 2.90 bits per heavy atom. The molecule has 1 amide bonds. The van der Waals surface area contributed by atoms with Gasteiger partial charge in [-0.25, -0.2) is 4.79 Å². The second kappa shape index (κ2) is 5.14. The molecule has 2 N–H and O–H groups in total. The molecule has 0 aliphatic carbocycles. The van der Waals surface area contributed by atoms with Crippen LogP contribution in [0, 0.1) is 0 Å². The molecule has 2 aromatic rings. The summed E-state index contributed by atoms with van der Waals surface area (Å²) < 4.78 is 5.12. The molecule has 0 bridgehead atoms. The summed E-state index contributed by atoms with van der Waals surface area (Å²) in [6.07, 6.45) is 1.95. The van der Waals surface area contributed by atoms with Crippen LogP contribution in [0.15, 0.2) is 36.5 Å². The third-order valence-corrected chi connectivity index (χ3v) is 3.65. The van der Waals surface area contributed by atoms with Gasteiger partial charge in [0.15, 0.2) is 5.54 Å². The molecule has 1 atom stereocenters. The molecule has 0 radical (unpaired) electrons. The van der Waals surface area contributed by atoms with E-state index in [1.54, 1.807) is 30.5 Å². The normalized spacial score (nSPS) is 21.3. The molecule has 6 nitrogen and oxygen atoms in total. The zero-order chi connectivity index (χ0) is 14.9. The van der Waals surface area contributed by atoms with Crippen LogP contribution in [0.1, 0.15) is 16.8 Å². The van der Waals surface area contributed by atoms with Crippen molar-refractivity contribution >= 4 is 22.8 Å². The van der Waals surface area contributed by atoms with E-state index in [4.69, 9.17) is 4.74 Å². The average Bonchev–Trinajstić information content (AvgIpc) is 2.96. The number of benzene rings is 1. The van der Waals surface area contributed by atoms with Gasteiger partial charge in [0.25, 0.3) is 5.91 Å². The highest BCUT2D eigenvalue weighted by Crippen LogP contribution is 2.20. The number of aliphatic carboxylic acids is 1. The van der Waals surface area contributed by atoms with Gasteiger partial charge < -0.3 is 15.2 Å². The predicted molar refractivity (Wildman–Crippen MR) is 75.0 cm³/mol. The van der Waals surface area contributed by atoms with Crippen LogP contribution in [0.2, 0.25) is 0 Å². The number of rotatable bonds is 3. The largest absolute Gasteiger partial charge is 0.479 e. The fourth-order valence-electron chi connectivity index (χ4n) is 2.39. The van der Waals surface area contributed by atoms with Crippen molar-refractivity contribution in [3.8, 4) is 0 Å². The number of hydrogen-bond donors (Lipinski definition) is 2. The fraction of sp³-hybridized carbons (Fsp3) is 0.267. The lowest BCUT2D eigenvalue weighted by Crippen LogP contribution is -2.55. The van der Waals surface area contributed by atoms with Crippen molar-refractivity contribution in [1.29, 1.82) is 0 Å². The van der Waals surface area contributed by atoms with Crippen molar-refractivity contribution in [2.75, 3.05) is 13.2 Å². The van der Waals surface area contributed by atoms with Crippen molar-refractivity contribution in [3.63, 3.8) is 0 Å². The van der Waals surface area contributed by atoms with Crippen LogP contribution in [0.25, 0.3) is 10.9 Å². The Morgan fingerprint density at radius 2 is 2.19 bits per heavy atom. The molecule has 3 rings (SSSR count). The lowest BCUT2D eigenvalue weighted by molar-refractivity contribution is -0.144. The highest BCUT2D eigenvalue weighted by molar-refractivity contribution is 6.00. The van der Waals surface area contributed by atoms with E-state index in [0.29, 0.717) is 12.2 Å². The van der Waals surface area contributed by atoms with Gasteiger partial charge in [-0.1, -0.05) is 6.07 Å². The maximum Gasteiger partial charge on any atom is 0.331 e. The minimum Gasteiger partial charge on any atom is -0.479 e. The van der Waals surface area contributed by atoms with Crippen LogP contribution in [-0.4, -0.2) is 40.7 Å². The number of hydrogen-bond acceptors (Lipinski definition) is 4. The number of pyridine rings is 1. The Hall–Kier alpha value is -2.47. The number of carbonyl (C=O) groups is 2. The minimum atomic E-state index is -1.33. The number of carboxylic acid groups (broad SMARTS) is 1.